The SMILES string of the molecule is CCC(C)C(NC(=O)C1CCCCN1C)C(=O)N(Cc1ccccc1)[C@H](C[C@@H](OC(C)=O)c1nc(C(=O)NCC[C@@H](C(=O)O)c2cc(C)ccc2C)cs1)C(C)C. The number of nitrogens with one attached hydrogen (secondary N) is 2. The van der Waals surface area contributed by atoms with Crippen LogP contribution in [0.2, 0.25) is 0 Å². The topological polar surface area (TPSA) is 158 Å². The summed E-state index contributed by atoms with van der Waals surface area (Å²) in [6.45, 7) is 14.3. The van der Waals surface area contributed by atoms with E-state index >= 15 is 0 Å². The van der Waals surface area contributed by atoms with Crippen LogP contribution in [0.3, 0.4) is 0 Å². The first-order valence-electron chi connectivity index (χ1n) is 20.2. The molecule has 0 saturated carbocycles. The lowest BCUT2D eigenvalue weighted by Gasteiger charge is -2.40. The molecule has 57 heavy (non-hydrogen) atoms. The summed E-state index contributed by atoms with van der Waals surface area (Å²) in [5, 5.41) is 18.0. The molecular formula is C44H61N5O7S. The molecule has 3 amide bonds. The quantitative estimate of drug-likeness (QED) is 0.111. The van der Waals surface area contributed by atoms with Crippen LogP contribution < -0.4 is 10.6 Å². The van der Waals surface area contributed by atoms with Gasteiger partial charge < -0.3 is 25.4 Å². The van der Waals surface area contributed by atoms with Crippen molar-refractivity contribution in [1.29, 1.82) is 0 Å². The minimum Gasteiger partial charge on any atom is -0.481 e. The zero-order valence-electron chi connectivity index (χ0n) is 34.7. The molecule has 1 aromatic heterocycles. The van der Waals surface area contributed by atoms with Gasteiger partial charge in [0.2, 0.25) is 11.8 Å². The van der Waals surface area contributed by atoms with E-state index in [2.05, 4.69) is 20.5 Å². The highest BCUT2D eigenvalue weighted by atomic mass is 32.1. The van der Waals surface area contributed by atoms with Crippen molar-refractivity contribution in [2.24, 2.45) is 11.8 Å². The summed E-state index contributed by atoms with van der Waals surface area (Å²) in [5.41, 5.74) is 3.58. The van der Waals surface area contributed by atoms with E-state index < -0.39 is 42.0 Å². The van der Waals surface area contributed by atoms with Crippen LogP contribution in [0.1, 0.15) is 123 Å². The molecule has 1 fully saturated rings. The number of piperidine rings is 1. The fourth-order valence-electron chi connectivity index (χ4n) is 7.54. The number of carboxylic acid groups (broad SMARTS) is 1. The van der Waals surface area contributed by atoms with E-state index in [1.807, 2.05) is 102 Å². The van der Waals surface area contributed by atoms with Crippen LogP contribution in [0.25, 0.3) is 0 Å². The molecule has 12 nitrogen and oxygen atoms in total. The average Bonchev–Trinajstić information content (AvgIpc) is 3.68. The predicted molar refractivity (Wildman–Crippen MR) is 222 cm³/mol. The molecule has 1 aliphatic heterocycles. The monoisotopic (exact) mass is 803 g/mol. The van der Waals surface area contributed by atoms with Gasteiger partial charge in [0.05, 0.1) is 12.0 Å². The summed E-state index contributed by atoms with van der Waals surface area (Å²) < 4.78 is 5.88. The molecule has 310 valence electrons. The van der Waals surface area contributed by atoms with E-state index in [4.69, 9.17) is 4.74 Å². The number of carbonyl (C=O) groups is 5. The van der Waals surface area contributed by atoms with Crippen LogP contribution in [-0.4, -0.2) is 87.8 Å². The maximum atomic E-state index is 14.9. The van der Waals surface area contributed by atoms with E-state index in [1.165, 1.54) is 18.3 Å². The number of hydrogen-bond acceptors (Lipinski definition) is 9. The molecule has 4 rings (SSSR count). The number of aliphatic carboxylic acids is 1. The Labute approximate surface area is 341 Å². The van der Waals surface area contributed by atoms with Crippen LogP contribution in [0.15, 0.2) is 53.9 Å². The summed E-state index contributed by atoms with van der Waals surface area (Å²) in [5.74, 6) is -3.37. The number of thiazole rings is 1. The molecule has 1 aliphatic rings. The number of esters is 1. The lowest BCUT2D eigenvalue weighted by atomic mass is 9.91. The van der Waals surface area contributed by atoms with Crippen molar-refractivity contribution < 1.29 is 33.8 Å². The molecule has 1 saturated heterocycles. The van der Waals surface area contributed by atoms with E-state index in [0.717, 1.165) is 42.5 Å². The number of rotatable bonds is 19. The van der Waals surface area contributed by atoms with Gasteiger partial charge in [0.15, 0.2) is 6.10 Å². The largest absolute Gasteiger partial charge is 0.481 e. The molecule has 13 heteroatoms. The van der Waals surface area contributed by atoms with Crippen molar-refractivity contribution in [3.63, 3.8) is 0 Å². The summed E-state index contributed by atoms with van der Waals surface area (Å²) in [4.78, 5) is 75.2. The van der Waals surface area contributed by atoms with E-state index in [0.29, 0.717) is 17.0 Å². The molecule has 6 atom stereocenters. The van der Waals surface area contributed by atoms with Gasteiger partial charge in [-0.15, -0.1) is 11.3 Å². The summed E-state index contributed by atoms with van der Waals surface area (Å²) in [7, 11) is 1.95. The minimum atomic E-state index is -0.965. The smallest absolute Gasteiger partial charge is 0.311 e. The molecule has 0 radical (unpaired) electrons. The maximum absolute atomic E-state index is 14.9. The molecule has 2 aromatic carbocycles. The Hall–Kier alpha value is -4.62. The van der Waals surface area contributed by atoms with Gasteiger partial charge in [0.1, 0.15) is 16.7 Å². The van der Waals surface area contributed by atoms with Gasteiger partial charge in [-0.1, -0.05) is 94.6 Å². The highest BCUT2D eigenvalue weighted by Gasteiger charge is 2.39. The summed E-state index contributed by atoms with van der Waals surface area (Å²) >= 11 is 1.18. The molecule has 3 N–H and O–H groups in total. The second kappa shape index (κ2) is 21.2. The second-order valence-electron chi connectivity index (χ2n) is 15.8. The number of aromatic nitrogens is 1. The Balaban J connectivity index is 1.59. The first kappa shape index (κ1) is 45.1. The molecule has 2 heterocycles. The van der Waals surface area contributed by atoms with Gasteiger partial charge in [-0.2, -0.15) is 0 Å². The van der Waals surface area contributed by atoms with Crippen molar-refractivity contribution in [3.8, 4) is 0 Å². The standard InChI is InChI=1S/C44H61N5O7S/c1-9-29(5)39(47-41(52)36-17-13-14-22-48(36)8)43(53)49(25-32-15-11-10-12-16-32)37(27(2)3)24-38(56-31(7)50)42-46-35(26-57-42)40(51)45-21-20-33(44(54)55)34-23-28(4)18-19-30(34)6/h10-12,15-16,18-19,23,26-27,29,33,36-39H,9,13-14,17,20-22,24-25H2,1-8H3,(H,45,51)(H,47,52)(H,54,55)/t29?,33-,36?,37-,38-,39?/m1/s1. The fourth-order valence-corrected chi connectivity index (χ4v) is 8.38. The van der Waals surface area contributed by atoms with Crippen LogP contribution in [-0.2, 0) is 30.5 Å². The predicted octanol–water partition coefficient (Wildman–Crippen LogP) is 6.81. The minimum absolute atomic E-state index is 0.101. The zero-order valence-corrected chi connectivity index (χ0v) is 35.6. The van der Waals surface area contributed by atoms with Gasteiger partial charge in [0, 0.05) is 37.9 Å². The molecule has 0 spiro atoms. The van der Waals surface area contributed by atoms with Crippen molar-refractivity contribution in [2.75, 3.05) is 20.1 Å². The highest BCUT2D eigenvalue weighted by molar-refractivity contribution is 7.09. The third kappa shape index (κ3) is 12.4. The number of benzene rings is 2. The van der Waals surface area contributed by atoms with Crippen LogP contribution in [0.5, 0.6) is 0 Å². The second-order valence-corrected chi connectivity index (χ2v) is 16.7. The number of likely N-dealkylation sites (N-methyl/N-ethyl adjacent to an activating group) is 1. The molecule has 3 unspecified atom stereocenters. The van der Waals surface area contributed by atoms with E-state index in [9.17, 15) is 29.1 Å². The fraction of sp³-hybridized carbons (Fsp3) is 0.545. The van der Waals surface area contributed by atoms with Gasteiger partial charge in [-0.05, 0) is 75.2 Å². The van der Waals surface area contributed by atoms with Gasteiger partial charge in [0.25, 0.3) is 5.91 Å². The lowest BCUT2D eigenvalue weighted by Crippen LogP contribution is -2.58. The van der Waals surface area contributed by atoms with Crippen molar-refractivity contribution >= 4 is 41.0 Å². The Bertz CT molecular complexity index is 1830. The third-order valence-corrected chi connectivity index (χ3v) is 12.1. The molecular weight excluding hydrogens is 743 g/mol. The number of carboxylic acids is 1. The van der Waals surface area contributed by atoms with Gasteiger partial charge >= 0.3 is 11.9 Å². The van der Waals surface area contributed by atoms with Crippen LogP contribution >= 0.6 is 11.3 Å². The Morgan fingerprint density at radius 2 is 1.77 bits per heavy atom. The number of nitrogens with zero attached hydrogens (tertiary/aromatic N) is 3. The van der Waals surface area contributed by atoms with Crippen molar-refractivity contribution in [2.45, 2.75) is 124 Å². The van der Waals surface area contributed by atoms with Crippen LogP contribution in [0, 0.1) is 25.7 Å². The number of likely N-dealkylation sites (tertiary alicyclic amines) is 1. The van der Waals surface area contributed by atoms with Gasteiger partial charge in [-0.3, -0.25) is 28.9 Å². The number of carbonyl (C=O) groups excluding carboxylic acids is 4. The number of amides is 3. The molecule has 0 bridgehead atoms. The third-order valence-electron chi connectivity index (χ3n) is 11.1. The number of aryl methyl sites for hydroxylation is 2. The Morgan fingerprint density at radius 1 is 1.05 bits per heavy atom. The first-order valence-corrected chi connectivity index (χ1v) is 21.0. The molecule has 0 aliphatic carbocycles. The summed E-state index contributed by atoms with van der Waals surface area (Å²) in [6.07, 6.45) is 2.91. The van der Waals surface area contributed by atoms with Crippen molar-refractivity contribution in [3.05, 3.63) is 86.9 Å². The maximum Gasteiger partial charge on any atom is 0.311 e. The van der Waals surface area contributed by atoms with Gasteiger partial charge in [-0.25, -0.2) is 4.98 Å². The normalized spacial score (nSPS) is 17.2. The van der Waals surface area contributed by atoms with E-state index in [-0.39, 0.29) is 61.3 Å². The Kier molecular flexibility index (Phi) is 16.8. The first-order chi connectivity index (χ1) is 27.1. The lowest BCUT2D eigenvalue weighted by molar-refractivity contribution is -0.150. The zero-order chi connectivity index (χ0) is 41.8. The van der Waals surface area contributed by atoms with Crippen molar-refractivity contribution in [1.82, 2.24) is 25.4 Å². The summed E-state index contributed by atoms with van der Waals surface area (Å²) in [6, 6.07) is 13.8. The van der Waals surface area contributed by atoms with E-state index in [1.54, 1.807) is 5.38 Å². The average molecular weight is 804 g/mol. The van der Waals surface area contributed by atoms with Crippen LogP contribution in [0.4, 0.5) is 0 Å². The number of hydrogen-bond donors (Lipinski definition) is 3. The Morgan fingerprint density at radius 3 is 2.40 bits per heavy atom. The number of ether oxygens (including phenoxy) is 1. The molecule has 3 aromatic rings. The highest BCUT2D eigenvalue weighted by Crippen LogP contribution is 2.33.